The summed E-state index contributed by atoms with van der Waals surface area (Å²) in [4.78, 5) is 52.6. The second-order valence-corrected chi connectivity index (χ2v) is 12.0. The van der Waals surface area contributed by atoms with E-state index in [4.69, 9.17) is 9.47 Å². The molecule has 4 atom stereocenters. The second-order valence-electron chi connectivity index (χ2n) is 12.0. The highest BCUT2D eigenvalue weighted by Gasteiger charge is 2.35. The lowest BCUT2D eigenvalue weighted by molar-refractivity contribution is -0.118. The van der Waals surface area contributed by atoms with Gasteiger partial charge in [-0.3, -0.25) is 14.4 Å². The number of allylic oxidation sites excluding steroid dienone is 1. The summed E-state index contributed by atoms with van der Waals surface area (Å²) in [5, 5.41) is 11.9. The van der Waals surface area contributed by atoms with E-state index >= 15 is 0 Å². The Morgan fingerprint density at radius 1 is 1.04 bits per heavy atom. The molecule has 254 valence electrons. The summed E-state index contributed by atoms with van der Waals surface area (Å²) < 4.78 is 24.9. The highest BCUT2D eigenvalue weighted by molar-refractivity contribution is 5.98. The molecular weight excluding hydrogens is 617 g/mol. The molecule has 0 bridgehead atoms. The van der Waals surface area contributed by atoms with Gasteiger partial charge in [0.05, 0.1) is 19.8 Å². The van der Waals surface area contributed by atoms with Crippen molar-refractivity contribution in [3.63, 3.8) is 0 Å². The minimum Gasteiger partial charge on any atom is -0.453 e. The van der Waals surface area contributed by atoms with Crippen molar-refractivity contribution in [3.05, 3.63) is 111 Å². The number of H-pyrrole nitrogens is 1. The fourth-order valence-corrected chi connectivity index (χ4v) is 6.21. The molecule has 5 N–H and O–H groups in total. The Labute approximate surface area is 278 Å². The molecule has 0 saturated carbocycles. The number of alkyl carbamates (subject to hydrolysis) is 1. The lowest BCUT2D eigenvalue weighted by atomic mass is 9.79. The number of aromatic nitrogens is 1. The summed E-state index contributed by atoms with van der Waals surface area (Å²) in [5.74, 6) is -2.20. The topological polar surface area (TPSA) is 151 Å². The van der Waals surface area contributed by atoms with Gasteiger partial charge < -0.3 is 35.7 Å². The zero-order chi connectivity index (χ0) is 33.9. The third-order valence-electron chi connectivity index (χ3n) is 8.74. The number of hydrogen-bond donors (Lipinski definition) is 5. The Morgan fingerprint density at radius 2 is 1.83 bits per heavy atom. The number of carbonyl (C=O) groups excluding carboxylic acids is 3. The molecule has 2 heterocycles. The average Bonchev–Trinajstić information content (AvgIpc) is 3.12. The van der Waals surface area contributed by atoms with E-state index < -0.39 is 35.1 Å². The van der Waals surface area contributed by atoms with Crippen LogP contribution in [-0.2, 0) is 20.7 Å². The number of amides is 3. The highest BCUT2D eigenvalue weighted by Crippen LogP contribution is 2.35. The van der Waals surface area contributed by atoms with Gasteiger partial charge in [-0.15, -0.1) is 0 Å². The number of hydrogen-bond acceptors (Lipinski definition) is 7. The maximum atomic E-state index is 14.0. The number of halogens is 1. The molecule has 2 aliphatic rings. The number of ether oxygens (including phenoxy) is 2. The number of anilines is 1. The second kappa shape index (κ2) is 16.8. The van der Waals surface area contributed by atoms with Crippen molar-refractivity contribution in [2.75, 3.05) is 32.1 Å². The van der Waals surface area contributed by atoms with Crippen LogP contribution in [0, 0.1) is 5.82 Å². The molecule has 1 aliphatic heterocycles. The van der Waals surface area contributed by atoms with Crippen molar-refractivity contribution in [2.45, 2.75) is 62.6 Å². The van der Waals surface area contributed by atoms with Gasteiger partial charge >= 0.3 is 6.09 Å². The molecule has 3 aromatic rings. The minimum absolute atomic E-state index is 0.113. The van der Waals surface area contributed by atoms with Crippen molar-refractivity contribution in [1.82, 2.24) is 20.9 Å². The Hall–Kier alpha value is -4.81. The van der Waals surface area contributed by atoms with Crippen LogP contribution in [0.3, 0.4) is 0 Å². The number of rotatable bonds is 12. The van der Waals surface area contributed by atoms with Crippen LogP contribution in [0.4, 0.5) is 14.9 Å². The van der Waals surface area contributed by atoms with Crippen LogP contribution in [0.25, 0.3) is 0 Å². The van der Waals surface area contributed by atoms with Gasteiger partial charge in [0, 0.05) is 36.8 Å². The van der Waals surface area contributed by atoms with Gasteiger partial charge in [0.2, 0.25) is 11.5 Å². The zero-order valence-electron chi connectivity index (χ0n) is 26.9. The molecule has 48 heavy (non-hydrogen) atoms. The monoisotopic (exact) mass is 659 g/mol. The van der Waals surface area contributed by atoms with Gasteiger partial charge in [0.1, 0.15) is 11.7 Å². The number of nitrogens with one attached hydrogen (secondary N) is 5. The van der Waals surface area contributed by atoms with Crippen LogP contribution in [0.5, 0.6) is 0 Å². The molecule has 5 rings (SSSR count). The number of aromatic amines is 1. The van der Waals surface area contributed by atoms with E-state index in [2.05, 4.69) is 32.3 Å². The number of para-hydroxylation sites is 1. The first-order valence-corrected chi connectivity index (χ1v) is 16.3. The molecule has 4 unspecified atom stereocenters. The van der Waals surface area contributed by atoms with E-state index in [9.17, 15) is 23.6 Å². The third-order valence-corrected chi connectivity index (χ3v) is 8.74. The molecule has 1 fully saturated rings. The molecular formula is C36H42FN5O6. The first kappa shape index (κ1) is 34.5. The van der Waals surface area contributed by atoms with E-state index in [0.29, 0.717) is 31.7 Å². The molecule has 0 spiro atoms. The fourth-order valence-electron chi connectivity index (χ4n) is 6.21. The predicted molar refractivity (Wildman–Crippen MR) is 179 cm³/mol. The van der Waals surface area contributed by atoms with E-state index in [-0.39, 0.29) is 30.5 Å². The van der Waals surface area contributed by atoms with Gasteiger partial charge in [-0.2, -0.15) is 0 Å². The molecule has 1 aliphatic carbocycles. The van der Waals surface area contributed by atoms with Crippen LogP contribution < -0.4 is 26.8 Å². The smallest absolute Gasteiger partial charge is 0.407 e. The fraction of sp³-hybridized carbons (Fsp3) is 0.389. The highest BCUT2D eigenvalue weighted by atomic mass is 19.1. The van der Waals surface area contributed by atoms with E-state index in [1.165, 1.54) is 7.11 Å². The molecule has 1 aromatic heterocycles. The van der Waals surface area contributed by atoms with Crippen LogP contribution >= 0.6 is 0 Å². The quantitative estimate of drug-likeness (QED) is 0.183. The summed E-state index contributed by atoms with van der Waals surface area (Å²) in [5.41, 5.74) is 2.68. The number of pyridine rings is 1. The van der Waals surface area contributed by atoms with Gasteiger partial charge in [0.25, 0.3) is 5.91 Å². The van der Waals surface area contributed by atoms with Gasteiger partial charge in [0.15, 0.2) is 5.82 Å². The lowest BCUT2D eigenvalue weighted by Gasteiger charge is -2.31. The standard InChI is InChI=1S/C36H42FN5O6/c1-47-36(46)42-33(31(24-11-4-2-5-12-24)25-13-6-3-7-14-25)35(45)40-29-15-9-8-10-23(29)16-17-27-21-38-26(22-48-27)20-39-34(44)32-28(37)18-19-30(43)41-32/h2,4-5,8-13,15,18-19,26-27,31,33,38H,3,6-7,14,16-17,20-22H2,1H3,(H,39,44)(H,40,45)(H,41,43)(H,42,46). The molecule has 3 amide bonds. The maximum Gasteiger partial charge on any atom is 0.407 e. The molecule has 2 aromatic carbocycles. The summed E-state index contributed by atoms with van der Waals surface area (Å²) >= 11 is 0. The summed E-state index contributed by atoms with van der Waals surface area (Å²) in [6, 6.07) is 18.2. The summed E-state index contributed by atoms with van der Waals surface area (Å²) in [7, 11) is 1.28. The first-order valence-electron chi connectivity index (χ1n) is 16.3. The predicted octanol–water partition coefficient (Wildman–Crippen LogP) is 4.18. The minimum atomic E-state index is -0.904. The first-order chi connectivity index (χ1) is 23.3. The molecule has 12 heteroatoms. The van der Waals surface area contributed by atoms with Gasteiger partial charge in [-0.25, -0.2) is 9.18 Å². The van der Waals surface area contributed by atoms with Crippen molar-refractivity contribution >= 4 is 23.6 Å². The van der Waals surface area contributed by atoms with E-state index in [1.807, 2.05) is 54.6 Å². The number of carbonyl (C=O) groups is 3. The Morgan fingerprint density at radius 3 is 2.56 bits per heavy atom. The van der Waals surface area contributed by atoms with Crippen molar-refractivity contribution in [1.29, 1.82) is 0 Å². The summed E-state index contributed by atoms with van der Waals surface area (Å²) in [6.45, 7) is 1.05. The molecule has 11 nitrogen and oxygen atoms in total. The van der Waals surface area contributed by atoms with E-state index in [1.54, 1.807) is 0 Å². The average molecular weight is 660 g/mol. The van der Waals surface area contributed by atoms with Gasteiger partial charge in [-0.05, 0) is 61.8 Å². The van der Waals surface area contributed by atoms with Crippen molar-refractivity contribution in [3.8, 4) is 0 Å². The largest absolute Gasteiger partial charge is 0.453 e. The summed E-state index contributed by atoms with van der Waals surface area (Å²) in [6.07, 6.45) is 6.57. The van der Waals surface area contributed by atoms with Crippen LogP contribution in [0.2, 0.25) is 0 Å². The Kier molecular flexibility index (Phi) is 12.1. The van der Waals surface area contributed by atoms with Crippen LogP contribution in [0.15, 0.2) is 83.2 Å². The third kappa shape index (κ3) is 9.17. The normalized spacial score (nSPS) is 18.9. The number of aryl methyl sites for hydroxylation is 1. The number of methoxy groups -OCH3 is 1. The van der Waals surface area contributed by atoms with Crippen LogP contribution in [-0.4, -0.2) is 67.9 Å². The van der Waals surface area contributed by atoms with Crippen LogP contribution in [0.1, 0.15) is 59.6 Å². The van der Waals surface area contributed by atoms with Crippen molar-refractivity contribution < 1.29 is 28.2 Å². The number of morpholine rings is 1. The Bertz CT molecular complexity index is 1650. The Balaban J connectivity index is 1.20. The van der Waals surface area contributed by atoms with Gasteiger partial charge in [-0.1, -0.05) is 60.2 Å². The van der Waals surface area contributed by atoms with E-state index in [0.717, 1.165) is 54.5 Å². The SMILES string of the molecule is COC(=O)NC(C(=O)Nc1ccccc1CCC1CNC(CNC(=O)c2[nH]c(=O)ccc2F)CO1)C(C1=CCCCC1)c1ccccc1. The van der Waals surface area contributed by atoms with Crippen molar-refractivity contribution in [2.24, 2.45) is 0 Å². The molecule has 1 saturated heterocycles. The maximum absolute atomic E-state index is 14.0. The number of benzene rings is 2. The lowest BCUT2D eigenvalue weighted by Crippen LogP contribution is -2.51. The molecule has 0 radical (unpaired) electrons. The zero-order valence-corrected chi connectivity index (χ0v) is 26.9.